The predicted octanol–water partition coefficient (Wildman–Crippen LogP) is 5.43. The molecule has 0 aliphatic carbocycles. The second kappa shape index (κ2) is 10.9. The third-order valence-electron chi connectivity index (χ3n) is 6.58. The number of benzene rings is 3. The minimum atomic E-state index is -0.354. The number of halogens is 1. The largest absolute Gasteiger partial charge is 0.369 e. The van der Waals surface area contributed by atoms with Gasteiger partial charge in [-0.1, -0.05) is 53.6 Å². The normalized spacial score (nSPS) is 12.4. The quantitative estimate of drug-likeness (QED) is 0.173. The summed E-state index contributed by atoms with van der Waals surface area (Å²) in [5, 5.41) is 18.4. The highest BCUT2D eigenvalue weighted by Crippen LogP contribution is 2.27. The summed E-state index contributed by atoms with van der Waals surface area (Å²) in [6, 6.07) is 23.0. The third-order valence-corrected chi connectivity index (χ3v) is 6.83. The van der Waals surface area contributed by atoms with E-state index in [2.05, 4.69) is 16.5 Å². The molecule has 0 fully saturated rings. The molecule has 5 rings (SSSR count). The molecule has 2 amide bonds. The zero-order chi connectivity index (χ0) is 27.5. The van der Waals surface area contributed by atoms with Gasteiger partial charge in [-0.2, -0.15) is 10.4 Å². The zero-order valence-corrected chi connectivity index (χ0v) is 21.9. The van der Waals surface area contributed by atoms with E-state index in [4.69, 9.17) is 11.6 Å². The number of fused-ring (bicyclic) bond motifs is 1. The van der Waals surface area contributed by atoms with Crippen molar-refractivity contribution in [1.82, 2.24) is 14.7 Å². The van der Waals surface area contributed by atoms with Crippen molar-refractivity contribution < 1.29 is 14.4 Å². The van der Waals surface area contributed by atoms with E-state index < -0.39 is 0 Å². The Balaban J connectivity index is 1.34. The lowest BCUT2D eigenvalue weighted by Gasteiger charge is -2.14. The molecule has 194 valence electrons. The van der Waals surface area contributed by atoms with Crippen molar-refractivity contribution in [2.24, 2.45) is 0 Å². The highest BCUT2D eigenvalue weighted by atomic mass is 35.5. The number of anilines is 1. The number of aryl methyl sites for hydroxylation is 1. The lowest BCUT2D eigenvalue weighted by Crippen LogP contribution is -2.31. The summed E-state index contributed by atoms with van der Waals surface area (Å²) in [4.78, 5) is 39.8. The van der Waals surface area contributed by atoms with Crippen molar-refractivity contribution in [2.75, 3.05) is 18.4 Å². The van der Waals surface area contributed by atoms with Crippen molar-refractivity contribution in [1.29, 1.82) is 5.26 Å². The highest BCUT2D eigenvalue weighted by Gasteiger charge is 2.34. The Morgan fingerprint density at radius 2 is 1.59 bits per heavy atom. The number of nitrogens with zero attached hydrogens (tertiary/aromatic N) is 4. The number of aromatic nitrogens is 2. The minimum absolute atomic E-state index is 0.0461. The molecule has 0 unspecified atom stereocenters. The van der Waals surface area contributed by atoms with Crippen LogP contribution in [0.15, 0.2) is 72.8 Å². The van der Waals surface area contributed by atoms with Gasteiger partial charge in [-0.3, -0.25) is 19.3 Å². The van der Waals surface area contributed by atoms with Crippen molar-refractivity contribution in [3.8, 4) is 11.8 Å². The van der Waals surface area contributed by atoms with Crippen molar-refractivity contribution in [2.45, 2.75) is 19.8 Å². The average Bonchev–Trinajstić information content (AvgIpc) is 3.44. The van der Waals surface area contributed by atoms with E-state index in [1.807, 2.05) is 19.1 Å². The summed E-state index contributed by atoms with van der Waals surface area (Å²) in [6.45, 7) is 2.64. The van der Waals surface area contributed by atoms with E-state index in [1.165, 1.54) is 9.58 Å². The fraction of sp³-hybridized carbons (Fsp3) is 0.167. The SMILES string of the molecule is Cc1ccc(C(=O)c2nn(-c3ccc(Cl)cc3)c(NCCCCN3C(=O)c4ccccc4C3=O)c2C#N)cc1. The number of hydrogen-bond acceptors (Lipinski definition) is 6. The Labute approximate surface area is 230 Å². The van der Waals surface area contributed by atoms with E-state index in [-0.39, 0.29) is 35.4 Å². The van der Waals surface area contributed by atoms with Gasteiger partial charge in [0.25, 0.3) is 11.8 Å². The Morgan fingerprint density at radius 3 is 2.21 bits per heavy atom. The maximum absolute atomic E-state index is 13.3. The van der Waals surface area contributed by atoms with Crippen LogP contribution >= 0.6 is 11.6 Å². The predicted molar refractivity (Wildman–Crippen MR) is 147 cm³/mol. The molecular weight excluding hydrogens is 514 g/mol. The molecule has 0 radical (unpaired) electrons. The van der Waals surface area contributed by atoms with Crippen LogP contribution in [0, 0.1) is 18.3 Å². The molecule has 2 heterocycles. The number of unbranched alkanes of at least 4 members (excludes halogenated alkanes) is 1. The summed E-state index contributed by atoms with van der Waals surface area (Å²) >= 11 is 6.06. The van der Waals surface area contributed by atoms with E-state index in [0.29, 0.717) is 52.6 Å². The van der Waals surface area contributed by atoms with Crippen LogP contribution in [-0.4, -0.2) is 45.4 Å². The molecule has 0 bridgehead atoms. The van der Waals surface area contributed by atoms with Crippen LogP contribution in [0.25, 0.3) is 5.69 Å². The number of amides is 2. The van der Waals surface area contributed by atoms with Crippen molar-refractivity contribution >= 4 is 35.0 Å². The van der Waals surface area contributed by atoms with Gasteiger partial charge in [0.15, 0.2) is 5.69 Å². The van der Waals surface area contributed by atoms with Gasteiger partial charge in [-0.05, 0) is 56.2 Å². The van der Waals surface area contributed by atoms with Gasteiger partial charge >= 0.3 is 0 Å². The molecule has 3 aromatic carbocycles. The Bertz CT molecular complexity index is 1580. The number of carbonyl (C=O) groups excluding carboxylic acids is 3. The average molecular weight is 538 g/mol. The first-order valence-corrected chi connectivity index (χ1v) is 12.9. The molecule has 0 spiro atoms. The Hall–Kier alpha value is -4.74. The van der Waals surface area contributed by atoms with Crippen LogP contribution in [0.3, 0.4) is 0 Å². The van der Waals surface area contributed by atoms with E-state index in [0.717, 1.165) is 5.56 Å². The first kappa shape index (κ1) is 25.9. The number of hydrogen-bond donors (Lipinski definition) is 1. The topological polar surface area (TPSA) is 108 Å². The van der Waals surface area contributed by atoms with Gasteiger partial charge < -0.3 is 5.32 Å². The number of carbonyl (C=O) groups is 3. The monoisotopic (exact) mass is 537 g/mol. The number of imide groups is 1. The molecule has 1 aliphatic rings. The van der Waals surface area contributed by atoms with Crippen LogP contribution in [0.5, 0.6) is 0 Å². The molecule has 0 saturated carbocycles. The van der Waals surface area contributed by atoms with Crippen LogP contribution in [0.4, 0.5) is 5.82 Å². The lowest BCUT2D eigenvalue weighted by molar-refractivity contribution is 0.0651. The molecule has 9 heteroatoms. The number of ketones is 1. The second-order valence-electron chi connectivity index (χ2n) is 9.21. The standard InChI is InChI=1S/C30H24ClN5O3/c1-19-8-10-20(11-9-19)27(37)26-25(18-32)28(36(34-26)22-14-12-21(31)13-15-22)33-16-4-5-17-35-29(38)23-6-2-3-7-24(23)30(35)39/h2-3,6-15,33H,4-5,16-17H2,1H3. The molecular formula is C30H24ClN5O3. The number of nitriles is 1. The van der Waals surface area contributed by atoms with E-state index >= 15 is 0 Å². The fourth-order valence-corrected chi connectivity index (χ4v) is 4.63. The molecule has 1 N–H and O–H groups in total. The summed E-state index contributed by atoms with van der Waals surface area (Å²) in [7, 11) is 0. The molecule has 0 saturated heterocycles. The maximum Gasteiger partial charge on any atom is 0.261 e. The summed E-state index contributed by atoms with van der Waals surface area (Å²) in [6.07, 6.45) is 1.16. The third kappa shape index (κ3) is 5.05. The molecule has 1 aromatic heterocycles. The van der Waals surface area contributed by atoms with Crippen LogP contribution in [-0.2, 0) is 0 Å². The van der Waals surface area contributed by atoms with E-state index in [9.17, 15) is 19.6 Å². The van der Waals surface area contributed by atoms with E-state index in [1.54, 1.807) is 60.7 Å². The van der Waals surface area contributed by atoms with Gasteiger partial charge in [0.1, 0.15) is 17.5 Å². The second-order valence-corrected chi connectivity index (χ2v) is 9.65. The minimum Gasteiger partial charge on any atom is -0.369 e. The molecule has 4 aromatic rings. The highest BCUT2D eigenvalue weighted by molar-refractivity contribution is 6.30. The first-order chi connectivity index (χ1) is 18.9. The summed E-state index contributed by atoms with van der Waals surface area (Å²) < 4.78 is 1.53. The molecule has 0 atom stereocenters. The maximum atomic E-state index is 13.3. The first-order valence-electron chi connectivity index (χ1n) is 12.5. The lowest BCUT2D eigenvalue weighted by atomic mass is 10.0. The molecule has 8 nitrogen and oxygen atoms in total. The van der Waals surface area contributed by atoms with Crippen LogP contribution in [0.1, 0.15) is 60.7 Å². The number of rotatable bonds is 9. The van der Waals surface area contributed by atoms with Gasteiger partial charge in [0.05, 0.1) is 16.8 Å². The van der Waals surface area contributed by atoms with Crippen molar-refractivity contribution in [3.63, 3.8) is 0 Å². The van der Waals surface area contributed by atoms with Crippen LogP contribution in [0.2, 0.25) is 5.02 Å². The number of nitrogens with one attached hydrogen (secondary N) is 1. The van der Waals surface area contributed by atoms with Crippen molar-refractivity contribution in [3.05, 3.63) is 111 Å². The van der Waals surface area contributed by atoms with Gasteiger partial charge in [0, 0.05) is 23.7 Å². The van der Waals surface area contributed by atoms with Gasteiger partial charge in [-0.15, -0.1) is 0 Å². The Kier molecular flexibility index (Phi) is 7.26. The summed E-state index contributed by atoms with van der Waals surface area (Å²) in [5.41, 5.74) is 3.12. The Morgan fingerprint density at radius 1 is 0.949 bits per heavy atom. The molecule has 1 aliphatic heterocycles. The van der Waals surface area contributed by atoms with Gasteiger partial charge in [-0.25, -0.2) is 4.68 Å². The van der Waals surface area contributed by atoms with Crippen LogP contribution < -0.4 is 5.32 Å². The van der Waals surface area contributed by atoms with Gasteiger partial charge in [0.2, 0.25) is 5.78 Å². The summed E-state index contributed by atoms with van der Waals surface area (Å²) in [5.74, 6) is -0.533. The molecule has 39 heavy (non-hydrogen) atoms. The zero-order valence-electron chi connectivity index (χ0n) is 21.1. The smallest absolute Gasteiger partial charge is 0.261 e. The fourth-order valence-electron chi connectivity index (χ4n) is 4.50.